The lowest BCUT2D eigenvalue weighted by Gasteiger charge is -2.37. The minimum atomic E-state index is -0.836. The van der Waals surface area contributed by atoms with Gasteiger partial charge in [-0.2, -0.15) is 0 Å². The number of methoxy groups -OCH3 is 2. The highest BCUT2D eigenvalue weighted by Crippen LogP contribution is 2.31. The number of likely N-dealkylation sites (tertiary alicyclic amines) is 1. The molecule has 6 heteroatoms. The normalized spacial score (nSPS) is 20.5. The Morgan fingerprint density at radius 3 is 2.58 bits per heavy atom. The van der Waals surface area contributed by atoms with Crippen molar-refractivity contribution in [3.8, 4) is 11.5 Å². The Balaban J connectivity index is 1.97. The number of piperidine rings is 1. The summed E-state index contributed by atoms with van der Waals surface area (Å²) in [5.74, 6) is 0.455. The van der Waals surface area contributed by atoms with Crippen LogP contribution < -0.4 is 9.47 Å². The summed E-state index contributed by atoms with van der Waals surface area (Å²) < 4.78 is 10.5. The van der Waals surface area contributed by atoms with Gasteiger partial charge in [0.1, 0.15) is 0 Å². The Hall–Kier alpha value is -2.24. The Bertz CT molecular complexity index is 615. The quantitative estimate of drug-likeness (QED) is 0.863. The first-order valence-electron chi connectivity index (χ1n) is 8.11. The van der Waals surface area contributed by atoms with Crippen molar-refractivity contribution in [1.82, 2.24) is 4.90 Å². The molecule has 0 aromatic heterocycles. The molecule has 0 spiro atoms. The van der Waals surface area contributed by atoms with Crippen LogP contribution in [0.4, 0.5) is 0 Å². The van der Waals surface area contributed by atoms with Crippen molar-refractivity contribution in [2.75, 3.05) is 27.3 Å². The molecule has 1 N–H and O–H groups in total. The zero-order valence-electron chi connectivity index (χ0n) is 14.5. The van der Waals surface area contributed by atoms with Crippen LogP contribution in [0.25, 0.3) is 0 Å². The van der Waals surface area contributed by atoms with Gasteiger partial charge in [0, 0.05) is 19.5 Å². The van der Waals surface area contributed by atoms with E-state index < -0.39 is 11.4 Å². The number of carbonyl (C=O) groups excluding carboxylic acids is 1. The van der Waals surface area contributed by atoms with Crippen LogP contribution in [0.1, 0.15) is 31.7 Å². The molecule has 1 aliphatic rings. The van der Waals surface area contributed by atoms with E-state index in [0.29, 0.717) is 37.3 Å². The van der Waals surface area contributed by atoms with E-state index in [9.17, 15) is 14.7 Å². The topological polar surface area (TPSA) is 76.1 Å². The summed E-state index contributed by atoms with van der Waals surface area (Å²) in [5.41, 5.74) is 0.149. The van der Waals surface area contributed by atoms with Crippen molar-refractivity contribution < 1.29 is 24.2 Å². The lowest BCUT2D eigenvalue weighted by atomic mass is 9.82. The fourth-order valence-electron chi connectivity index (χ4n) is 3.07. The standard InChI is InChI=1S/C18H25NO5/c1-18(17(21)22)9-4-10-19(12-18)16(20)8-6-13-5-7-14(23-2)15(11-13)24-3/h5,7,11H,4,6,8-10,12H2,1-3H3,(H,21,22). The Kier molecular flexibility index (Phi) is 5.70. The number of hydrogen-bond acceptors (Lipinski definition) is 4. The van der Waals surface area contributed by atoms with E-state index in [0.717, 1.165) is 12.0 Å². The molecule has 132 valence electrons. The van der Waals surface area contributed by atoms with Crippen LogP contribution in [0, 0.1) is 5.41 Å². The van der Waals surface area contributed by atoms with Crippen LogP contribution >= 0.6 is 0 Å². The maximum atomic E-state index is 12.4. The zero-order chi connectivity index (χ0) is 17.7. The van der Waals surface area contributed by atoms with Gasteiger partial charge in [0.05, 0.1) is 19.6 Å². The number of carboxylic acid groups (broad SMARTS) is 1. The summed E-state index contributed by atoms with van der Waals surface area (Å²) in [4.78, 5) is 25.5. The molecular formula is C18H25NO5. The van der Waals surface area contributed by atoms with E-state index in [1.807, 2.05) is 18.2 Å². The highest BCUT2D eigenvalue weighted by Gasteiger charge is 2.39. The molecule has 1 unspecified atom stereocenters. The molecule has 2 rings (SSSR count). The number of rotatable bonds is 6. The third kappa shape index (κ3) is 3.99. The van der Waals surface area contributed by atoms with Crippen molar-refractivity contribution in [2.24, 2.45) is 5.41 Å². The number of amides is 1. The number of nitrogens with zero attached hydrogens (tertiary/aromatic N) is 1. The molecule has 0 aliphatic carbocycles. The van der Waals surface area contributed by atoms with Crippen LogP contribution in [0.3, 0.4) is 0 Å². The lowest BCUT2D eigenvalue weighted by Crippen LogP contribution is -2.48. The molecule has 1 atom stereocenters. The first-order valence-corrected chi connectivity index (χ1v) is 8.11. The number of hydrogen-bond donors (Lipinski definition) is 1. The molecule has 0 saturated carbocycles. The van der Waals surface area contributed by atoms with Gasteiger partial charge >= 0.3 is 5.97 Å². The van der Waals surface area contributed by atoms with E-state index in [2.05, 4.69) is 0 Å². The summed E-state index contributed by atoms with van der Waals surface area (Å²) in [6.45, 7) is 2.63. The summed E-state index contributed by atoms with van der Waals surface area (Å²) in [6.07, 6.45) is 2.28. The van der Waals surface area contributed by atoms with Gasteiger partial charge in [0.2, 0.25) is 5.91 Å². The van der Waals surface area contributed by atoms with Crippen molar-refractivity contribution >= 4 is 11.9 Å². The van der Waals surface area contributed by atoms with Gasteiger partial charge in [-0.25, -0.2) is 0 Å². The molecule has 6 nitrogen and oxygen atoms in total. The zero-order valence-corrected chi connectivity index (χ0v) is 14.5. The molecule has 1 aromatic carbocycles. The van der Waals surface area contributed by atoms with Gasteiger partial charge in [0.15, 0.2) is 11.5 Å². The molecular weight excluding hydrogens is 310 g/mol. The molecule has 1 amide bonds. The van der Waals surface area contributed by atoms with Crippen LogP contribution in [0.5, 0.6) is 11.5 Å². The monoisotopic (exact) mass is 335 g/mol. The van der Waals surface area contributed by atoms with Crippen molar-refractivity contribution in [3.05, 3.63) is 23.8 Å². The van der Waals surface area contributed by atoms with Gasteiger partial charge in [-0.1, -0.05) is 6.07 Å². The highest BCUT2D eigenvalue weighted by atomic mass is 16.5. The molecule has 1 saturated heterocycles. The fourth-order valence-corrected chi connectivity index (χ4v) is 3.07. The summed E-state index contributed by atoms with van der Waals surface area (Å²) in [5, 5.41) is 9.35. The molecule has 1 aliphatic heterocycles. The van der Waals surface area contributed by atoms with Crippen LogP contribution in [0.15, 0.2) is 18.2 Å². The maximum Gasteiger partial charge on any atom is 0.311 e. The van der Waals surface area contributed by atoms with Crippen LogP contribution in [-0.2, 0) is 16.0 Å². The first-order chi connectivity index (χ1) is 11.4. The third-order valence-corrected chi connectivity index (χ3v) is 4.64. The Morgan fingerprint density at radius 2 is 1.96 bits per heavy atom. The molecule has 1 aromatic rings. The second-order valence-corrected chi connectivity index (χ2v) is 6.47. The van der Waals surface area contributed by atoms with Gasteiger partial charge in [0.25, 0.3) is 0 Å². The van der Waals surface area contributed by atoms with Gasteiger partial charge in [-0.3, -0.25) is 9.59 Å². The second-order valence-electron chi connectivity index (χ2n) is 6.47. The predicted octanol–water partition coefficient (Wildman–Crippen LogP) is 2.35. The fraction of sp³-hybridized carbons (Fsp3) is 0.556. The van der Waals surface area contributed by atoms with Crippen LogP contribution in [0.2, 0.25) is 0 Å². The second kappa shape index (κ2) is 7.55. The molecule has 0 bridgehead atoms. The third-order valence-electron chi connectivity index (χ3n) is 4.64. The highest BCUT2D eigenvalue weighted by molar-refractivity contribution is 5.79. The van der Waals surface area contributed by atoms with E-state index in [1.54, 1.807) is 26.0 Å². The number of ether oxygens (including phenoxy) is 2. The van der Waals surface area contributed by atoms with Gasteiger partial charge in [-0.15, -0.1) is 0 Å². The molecule has 1 fully saturated rings. The predicted molar refractivity (Wildman–Crippen MR) is 89.4 cm³/mol. The van der Waals surface area contributed by atoms with E-state index in [1.165, 1.54) is 0 Å². The first kappa shape index (κ1) is 18.1. The summed E-state index contributed by atoms with van der Waals surface area (Å²) in [7, 11) is 3.16. The van der Waals surface area contributed by atoms with Crippen molar-refractivity contribution in [3.63, 3.8) is 0 Å². The Morgan fingerprint density at radius 1 is 1.25 bits per heavy atom. The number of carboxylic acids is 1. The number of aliphatic carboxylic acids is 1. The van der Waals surface area contributed by atoms with Crippen molar-refractivity contribution in [1.29, 1.82) is 0 Å². The SMILES string of the molecule is COc1ccc(CCC(=O)N2CCCC(C)(C(=O)O)C2)cc1OC. The smallest absolute Gasteiger partial charge is 0.311 e. The summed E-state index contributed by atoms with van der Waals surface area (Å²) in [6, 6.07) is 5.59. The lowest BCUT2D eigenvalue weighted by molar-refractivity contribution is -0.153. The molecule has 0 radical (unpaired) electrons. The van der Waals surface area contributed by atoms with Gasteiger partial charge in [-0.05, 0) is 43.9 Å². The minimum Gasteiger partial charge on any atom is -0.493 e. The Labute approximate surface area is 142 Å². The van der Waals surface area contributed by atoms with E-state index in [4.69, 9.17) is 9.47 Å². The van der Waals surface area contributed by atoms with E-state index >= 15 is 0 Å². The van der Waals surface area contributed by atoms with Crippen LogP contribution in [-0.4, -0.2) is 49.2 Å². The number of aryl methyl sites for hydroxylation is 1. The van der Waals surface area contributed by atoms with E-state index in [-0.39, 0.29) is 12.5 Å². The molecule has 1 heterocycles. The van der Waals surface area contributed by atoms with Crippen molar-refractivity contribution in [2.45, 2.75) is 32.6 Å². The number of carbonyl (C=O) groups is 2. The average molecular weight is 335 g/mol. The average Bonchev–Trinajstić information content (AvgIpc) is 2.59. The minimum absolute atomic E-state index is 0.00281. The molecule has 24 heavy (non-hydrogen) atoms. The largest absolute Gasteiger partial charge is 0.493 e. The number of benzene rings is 1. The summed E-state index contributed by atoms with van der Waals surface area (Å²) >= 11 is 0. The maximum absolute atomic E-state index is 12.4. The van der Waals surface area contributed by atoms with Gasteiger partial charge < -0.3 is 19.5 Å².